The van der Waals surface area contributed by atoms with E-state index in [-0.39, 0.29) is 18.7 Å². The van der Waals surface area contributed by atoms with Gasteiger partial charge in [-0.2, -0.15) is 0 Å². The number of rotatable bonds is 8. The van der Waals surface area contributed by atoms with E-state index in [9.17, 15) is 19.1 Å². The van der Waals surface area contributed by atoms with Crippen molar-refractivity contribution < 1.29 is 23.8 Å². The Morgan fingerprint density at radius 1 is 0.972 bits per heavy atom. The Balaban J connectivity index is 1.84. The minimum Gasteiger partial charge on any atom is -0.480 e. The van der Waals surface area contributed by atoms with E-state index in [4.69, 9.17) is 27.9 Å². The summed E-state index contributed by atoms with van der Waals surface area (Å²) in [6.07, 6.45) is -0.611. The average Bonchev–Trinajstić information content (AvgIpc) is 2.86. The first-order valence-corrected chi connectivity index (χ1v) is 12.5. The number of carbonyl (C=O) groups excluding carboxylic acids is 1. The van der Waals surface area contributed by atoms with Crippen molar-refractivity contribution in [2.45, 2.75) is 50.5 Å². The fourth-order valence-corrected chi connectivity index (χ4v) is 4.89. The highest BCUT2D eigenvalue weighted by Gasteiger charge is 2.48. The highest BCUT2D eigenvalue weighted by Crippen LogP contribution is 2.44. The Morgan fingerprint density at radius 2 is 1.53 bits per heavy atom. The molecule has 0 radical (unpaired) electrons. The standard InChI is InChI=1S/C28H26Cl2FNO4/c1-2-3-23(28(34)35)32-25(18-6-10-20(29)11-7-18)26(19-8-12-21(30)13-9-19)36-24(27(32)33)16-17-4-14-22(31)15-5-17/h4-15,23-26H,2-3,16H2,1H3,(H,34,35)/t23?,24-,25+,26-/m0/s1. The van der Waals surface area contributed by atoms with Crippen LogP contribution < -0.4 is 0 Å². The molecule has 1 unspecified atom stereocenters. The van der Waals surface area contributed by atoms with E-state index in [0.717, 1.165) is 5.56 Å². The van der Waals surface area contributed by atoms with Gasteiger partial charge in [0.2, 0.25) is 0 Å². The summed E-state index contributed by atoms with van der Waals surface area (Å²) in [6.45, 7) is 1.88. The molecule has 4 atom stereocenters. The highest BCUT2D eigenvalue weighted by molar-refractivity contribution is 6.30. The van der Waals surface area contributed by atoms with Gasteiger partial charge in [0.15, 0.2) is 0 Å². The van der Waals surface area contributed by atoms with Crippen molar-refractivity contribution in [3.63, 3.8) is 0 Å². The molecule has 0 aromatic heterocycles. The van der Waals surface area contributed by atoms with Gasteiger partial charge in [0.05, 0.1) is 6.04 Å². The number of carbonyl (C=O) groups is 2. The van der Waals surface area contributed by atoms with E-state index in [1.165, 1.54) is 17.0 Å². The molecule has 1 aliphatic heterocycles. The first-order valence-electron chi connectivity index (χ1n) is 11.7. The lowest BCUT2D eigenvalue weighted by atomic mass is 9.88. The maximum atomic E-state index is 13.9. The van der Waals surface area contributed by atoms with E-state index in [2.05, 4.69) is 0 Å². The maximum absolute atomic E-state index is 13.9. The van der Waals surface area contributed by atoms with Crippen molar-refractivity contribution in [3.8, 4) is 0 Å². The largest absolute Gasteiger partial charge is 0.480 e. The number of carboxylic acids is 1. The number of benzene rings is 3. The zero-order valence-electron chi connectivity index (χ0n) is 19.6. The van der Waals surface area contributed by atoms with E-state index >= 15 is 0 Å². The molecular weight excluding hydrogens is 504 g/mol. The van der Waals surface area contributed by atoms with Crippen molar-refractivity contribution in [2.24, 2.45) is 0 Å². The van der Waals surface area contributed by atoms with Crippen LogP contribution in [0, 0.1) is 5.82 Å². The molecule has 0 bridgehead atoms. The molecular formula is C28H26Cl2FNO4. The lowest BCUT2D eigenvalue weighted by molar-refractivity contribution is -0.184. The lowest BCUT2D eigenvalue weighted by Gasteiger charge is -2.47. The smallest absolute Gasteiger partial charge is 0.326 e. The Morgan fingerprint density at radius 3 is 2.06 bits per heavy atom. The molecule has 1 heterocycles. The van der Waals surface area contributed by atoms with Crippen LogP contribution in [0.5, 0.6) is 0 Å². The van der Waals surface area contributed by atoms with E-state index < -0.39 is 36.2 Å². The van der Waals surface area contributed by atoms with E-state index in [0.29, 0.717) is 27.6 Å². The Labute approximate surface area is 219 Å². The van der Waals surface area contributed by atoms with Crippen LogP contribution in [0.15, 0.2) is 72.8 Å². The van der Waals surface area contributed by atoms with Crippen LogP contribution in [-0.2, 0) is 20.7 Å². The molecule has 0 aliphatic carbocycles. The van der Waals surface area contributed by atoms with Gasteiger partial charge in [0.25, 0.3) is 5.91 Å². The van der Waals surface area contributed by atoms with Gasteiger partial charge in [-0.1, -0.05) is 72.9 Å². The zero-order valence-corrected chi connectivity index (χ0v) is 21.1. The van der Waals surface area contributed by atoms with Crippen molar-refractivity contribution in [1.29, 1.82) is 0 Å². The van der Waals surface area contributed by atoms with Gasteiger partial charge in [-0.25, -0.2) is 9.18 Å². The van der Waals surface area contributed by atoms with Gasteiger partial charge < -0.3 is 14.7 Å². The summed E-state index contributed by atoms with van der Waals surface area (Å²) in [7, 11) is 0. The summed E-state index contributed by atoms with van der Waals surface area (Å²) < 4.78 is 19.9. The fourth-order valence-electron chi connectivity index (χ4n) is 4.64. The molecule has 1 fully saturated rings. The van der Waals surface area contributed by atoms with Gasteiger partial charge in [0, 0.05) is 16.5 Å². The van der Waals surface area contributed by atoms with Crippen LogP contribution in [-0.4, -0.2) is 34.0 Å². The number of morpholine rings is 1. The number of nitrogens with zero attached hydrogens (tertiary/aromatic N) is 1. The van der Waals surface area contributed by atoms with Gasteiger partial charge in [0.1, 0.15) is 24.1 Å². The second kappa shape index (κ2) is 11.4. The molecule has 1 N–H and O–H groups in total. The van der Waals surface area contributed by atoms with Crippen molar-refractivity contribution in [3.05, 3.63) is 105 Å². The van der Waals surface area contributed by atoms with E-state index in [1.807, 2.05) is 19.1 Å². The first kappa shape index (κ1) is 26.1. The van der Waals surface area contributed by atoms with E-state index in [1.54, 1.807) is 48.5 Å². The summed E-state index contributed by atoms with van der Waals surface area (Å²) in [5.74, 6) is -1.89. The molecule has 188 valence electrons. The van der Waals surface area contributed by atoms with Gasteiger partial charge in [-0.3, -0.25) is 4.79 Å². The molecule has 0 spiro atoms. The van der Waals surface area contributed by atoms with Gasteiger partial charge in [-0.15, -0.1) is 0 Å². The quantitative estimate of drug-likeness (QED) is 0.355. The van der Waals surface area contributed by atoms with Crippen LogP contribution in [0.2, 0.25) is 10.0 Å². The third-order valence-corrected chi connectivity index (χ3v) is 6.86. The molecule has 3 aromatic rings. The molecule has 36 heavy (non-hydrogen) atoms. The van der Waals surface area contributed by atoms with Crippen LogP contribution in [0.1, 0.15) is 48.6 Å². The molecule has 3 aromatic carbocycles. The Bertz CT molecular complexity index is 1200. The molecule has 1 saturated heterocycles. The summed E-state index contributed by atoms with van der Waals surface area (Å²) in [5.41, 5.74) is 2.16. The number of carboxylic acid groups (broad SMARTS) is 1. The Kier molecular flexibility index (Phi) is 8.29. The second-order valence-electron chi connectivity index (χ2n) is 8.81. The minimum absolute atomic E-state index is 0.172. The van der Waals surface area contributed by atoms with Crippen LogP contribution in [0.4, 0.5) is 4.39 Å². The molecule has 8 heteroatoms. The third kappa shape index (κ3) is 5.72. The molecule has 1 aliphatic rings. The van der Waals surface area contributed by atoms with Gasteiger partial charge >= 0.3 is 5.97 Å². The predicted octanol–water partition coefficient (Wildman–Crippen LogP) is 6.64. The van der Waals surface area contributed by atoms with Crippen LogP contribution in [0.3, 0.4) is 0 Å². The average molecular weight is 530 g/mol. The number of hydrogen-bond acceptors (Lipinski definition) is 3. The van der Waals surface area contributed by atoms with Crippen LogP contribution in [0.25, 0.3) is 0 Å². The number of aliphatic carboxylic acids is 1. The van der Waals surface area contributed by atoms with Gasteiger partial charge in [-0.05, 0) is 59.5 Å². The molecule has 1 amide bonds. The summed E-state index contributed by atoms with van der Waals surface area (Å²) in [6, 6.07) is 18.1. The number of halogens is 3. The Hall–Kier alpha value is -2.93. The number of amides is 1. The molecule has 5 nitrogen and oxygen atoms in total. The number of ether oxygens (including phenoxy) is 1. The van der Waals surface area contributed by atoms with Crippen molar-refractivity contribution in [2.75, 3.05) is 0 Å². The maximum Gasteiger partial charge on any atom is 0.326 e. The topological polar surface area (TPSA) is 66.8 Å². The normalized spacial score (nSPS) is 20.8. The minimum atomic E-state index is -1.08. The second-order valence-corrected chi connectivity index (χ2v) is 9.68. The monoisotopic (exact) mass is 529 g/mol. The van der Waals surface area contributed by atoms with Crippen molar-refractivity contribution in [1.82, 2.24) is 4.90 Å². The summed E-state index contributed by atoms with van der Waals surface area (Å²) >= 11 is 12.3. The lowest BCUT2D eigenvalue weighted by Crippen LogP contribution is -2.57. The number of hydrogen-bond donors (Lipinski definition) is 1. The predicted molar refractivity (Wildman–Crippen MR) is 137 cm³/mol. The third-order valence-electron chi connectivity index (χ3n) is 6.35. The first-order chi connectivity index (χ1) is 17.3. The summed E-state index contributed by atoms with van der Waals surface area (Å²) in [4.78, 5) is 27.8. The molecule has 0 saturated carbocycles. The SMILES string of the molecule is CCCC(C(=O)O)N1C(=O)[C@H](Cc2ccc(F)cc2)O[C@@H](c2ccc(Cl)cc2)[C@H]1c1ccc(Cl)cc1. The zero-order chi connectivity index (χ0) is 25.8. The molecule has 4 rings (SSSR count). The highest BCUT2D eigenvalue weighted by atomic mass is 35.5. The fraction of sp³-hybridized carbons (Fsp3) is 0.286. The van der Waals surface area contributed by atoms with Crippen molar-refractivity contribution >= 4 is 35.1 Å². The van der Waals surface area contributed by atoms with Crippen LogP contribution >= 0.6 is 23.2 Å². The summed E-state index contributed by atoms with van der Waals surface area (Å²) in [5, 5.41) is 11.2.